The molecule has 3 rings (SSSR count). The summed E-state index contributed by atoms with van der Waals surface area (Å²) in [5, 5.41) is 3.03. The van der Waals surface area contributed by atoms with Gasteiger partial charge in [-0.05, 0) is 56.0 Å². The Morgan fingerprint density at radius 2 is 1.96 bits per heavy atom. The van der Waals surface area contributed by atoms with E-state index in [9.17, 15) is 4.79 Å². The van der Waals surface area contributed by atoms with Crippen molar-refractivity contribution in [1.82, 2.24) is 9.88 Å². The highest BCUT2D eigenvalue weighted by molar-refractivity contribution is 5.78. The number of benzene rings is 1. The number of carbonyl (C=O) groups excluding carboxylic acids is 1. The van der Waals surface area contributed by atoms with Gasteiger partial charge < -0.3 is 14.6 Å². The van der Waals surface area contributed by atoms with Gasteiger partial charge in [-0.25, -0.2) is 0 Å². The number of hydrogen-bond acceptors (Lipinski definition) is 2. The molecule has 0 atom stereocenters. The van der Waals surface area contributed by atoms with Crippen molar-refractivity contribution in [2.24, 2.45) is 0 Å². The molecule has 1 N–H and O–H groups in total. The third-order valence-electron chi connectivity index (χ3n) is 4.50. The molecule has 1 aliphatic rings. The van der Waals surface area contributed by atoms with Gasteiger partial charge in [0, 0.05) is 24.0 Å². The van der Waals surface area contributed by atoms with Crippen LogP contribution < -0.4 is 10.1 Å². The first kappa shape index (κ1) is 15.7. The summed E-state index contributed by atoms with van der Waals surface area (Å²) in [5.41, 5.74) is 4.79. The Labute approximate surface area is 137 Å². The number of methoxy groups -OCH3 is 1. The molecule has 4 heteroatoms. The van der Waals surface area contributed by atoms with Gasteiger partial charge >= 0.3 is 0 Å². The first-order chi connectivity index (χ1) is 11.1. The minimum atomic E-state index is 0.0476. The van der Waals surface area contributed by atoms with Crippen LogP contribution in [-0.2, 0) is 17.8 Å². The molecular weight excluding hydrogens is 288 g/mol. The highest BCUT2D eigenvalue weighted by Crippen LogP contribution is 2.38. The summed E-state index contributed by atoms with van der Waals surface area (Å²) in [6, 6.07) is 10.5. The molecule has 0 saturated heterocycles. The minimum absolute atomic E-state index is 0.0476. The molecule has 0 aliphatic heterocycles. The van der Waals surface area contributed by atoms with Crippen LogP contribution in [0.15, 0.2) is 30.3 Å². The quantitative estimate of drug-likeness (QED) is 0.889. The van der Waals surface area contributed by atoms with Gasteiger partial charge in [-0.15, -0.1) is 0 Å². The molecule has 0 unspecified atom stereocenters. The molecule has 1 fully saturated rings. The molecule has 1 amide bonds. The molecule has 4 nitrogen and oxygen atoms in total. The lowest BCUT2D eigenvalue weighted by Gasteiger charge is -2.09. The number of rotatable bonds is 6. The van der Waals surface area contributed by atoms with Crippen LogP contribution in [0.4, 0.5) is 0 Å². The van der Waals surface area contributed by atoms with Crippen molar-refractivity contribution in [3.8, 4) is 5.75 Å². The summed E-state index contributed by atoms with van der Waals surface area (Å²) in [7, 11) is 1.64. The lowest BCUT2D eigenvalue weighted by Crippen LogP contribution is -2.24. The summed E-state index contributed by atoms with van der Waals surface area (Å²) in [6.45, 7) is 4.89. The predicted octanol–water partition coefficient (Wildman–Crippen LogP) is 3.31. The Bertz CT molecular complexity index is 697. The Kier molecular flexibility index (Phi) is 4.42. The van der Waals surface area contributed by atoms with E-state index in [2.05, 4.69) is 29.8 Å². The molecular formula is C19H24N2O2. The van der Waals surface area contributed by atoms with Gasteiger partial charge in [-0.3, -0.25) is 4.79 Å². The monoisotopic (exact) mass is 312 g/mol. The maximum Gasteiger partial charge on any atom is 0.224 e. The van der Waals surface area contributed by atoms with Gasteiger partial charge in [0.2, 0.25) is 5.91 Å². The first-order valence-electron chi connectivity index (χ1n) is 8.15. The number of aryl methyl sites for hydroxylation is 1. The van der Waals surface area contributed by atoms with Gasteiger partial charge in [0.05, 0.1) is 13.5 Å². The van der Waals surface area contributed by atoms with Crippen molar-refractivity contribution in [2.75, 3.05) is 7.11 Å². The van der Waals surface area contributed by atoms with Crippen molar-refractivity contribution in [1.29, 1.82) is 0 Å². The third-order valence-corrected chi connectivity index (χ3v) is 4.50. The number of nitrogens with zero attached hydrogens (tertiary/aromatic N) is 1. The van der Waals surface area contributed by atoms with Crippen LogP contribution >= 0.6 is 0 Å². The van der Waals surface area contributed by atoms with E-state index in [1.165, 1.54) is 29.8 Å². The van der Waals surface area contributed by atoms with Crippen LogP contribution in [-0.4, -0.2) is 17.6 Å². The minimum Gasteiger partial charge on any atom is -0.497 e. The van der Waals surface area contributed by atoms with E-state index >= 15 is 0 Å². The molecule has 2 aromatic rings. The van der Waals surface area contributed by atoms with Crippen LogP contribution in [0, 0.1) is 13.8 Å². The third kappa shape index (κ3) is 3.58. The zero-order valence-electron chi connectivity index (χ0n) is 14.1. The number of carbonyl (C=O) groups is 1. The molecule has 0 spiro atoms. The van der Waals surface area contributed by atoms with Crippen LogP contribution in [0.25, 0.3) is 0 Å². The van der Waals surface area contributed by atoms with Gasteiger partial charge in [0.15, 0.2) is 0 Å². The van der Waals surface area contributed by atoms with E-state index in [-0.39, 0.29) is 5.91 Å². The average molecular weight is 312 g/mol. The largest absolute Gasteiger partial charge is 0.497 e. The van der Waals surface area contributed by atoms with Gasteiger partial charge in [-0.2, -0.15) is 0 Å². The molecule has 122 valence electrons. The van der Waals surface area contributed by atoms with Gasteiger partial charge in [-0.1, -0.05) is 12.1 Å². The van der Waals surface area contributed by atoms with E-state index in [1.807, 2.05) is 24.3 Å². The molecule has 23 heavy (non-hydrogen) atoms. The normalized spacial score (nSPS) is 13.9. The van der Waals surface area contributed by atoms with Crippen molar-refractivity contribution in [3.63, 3.8) is 0 Å². The van der Waals surface area contributed by atoms with Crippen molar-refractivity contribution >= 4 is 5.91 Å². The molecule has 1 aromatic carbocycles. The highest BCUT2D eigenvalue weighted by Gasteiger charge is 2.26. The van der Waals surface area contributed by atoms with Crippen LogP contribution in [0.1, 0.15) is 41.4 Å². The second kappa shape index (κ2) is 6.49. The van der Waals surface area contributed by atoms with Crippen molar-refractivity contribution < 1.29 is 9.53 Å². The fourth-order valence-corrected chi connectivity index (χ4v) is 3.10. The topological polar surface area (TPSA) is 43.3 Å². The number of hydrogen-bond donors (Lipinski definition) is 1. The van der Waals surface area contributed by atoms with Crippen molar-refractivity contribution in [2.45, 2.75) is 45.7 Å². The molecule has 0 bridgehead atoms. The van der Waals surface area contributed by atoms with E-state index in [0.717, 1.165) is 11.3 Å². The zero-order chi connectivity index (χ0) is 16.4. The Morgan fingerprint density at radius 3 is 2.57 bits per heavy atom. The second-order valence-electron chi connectivity index (χ2n) is 6.30. The lowest BCUT2D eigenvalue weighted by atomic mass is 10.1. The number of ether oxygens (including phenoxy) is 1. The smallest absolute Gasteiger partial charge is 0.224 e. The number of amides is 1. The van der Waals surface area contributed by atoms with E-state index < -0.39 is 0 Å². The van der Waals surface area contributed by atoms with Crippen LogP contribution in [0.2, 0.25) is 0 Å². The Hall–Kier alpha value is -2.23. The highest BCUT2D eigenvalue weighted by atomic mass is 16.5. The summed E-state index contributed by atoms with van der Waals surface area (Å²) >= 11 is 0. The first-order valence-corrected chi connectivity index (χ1v) is 8.15. The van der Waals surface area contributed by atoms with E-state index in [0.29, 0.717) is 19.0 Å². The number of nitrogens with one attached hydrogen (secondary N) is 1. The summed E-state index contributed by atoms with van der Waals surface area (Å²) in [6.07, 6.45) is 2.95. The van der Waals surface area contributed by atoms with Gasteiger partial charge in [0.1, 0.15) is 5.75 Å². The maximum absolute atomic E-state index is 12.1. The summed E-state index contributed by atoms with van der Waals surface area (Å²) < 4.78 is 7.54. The van der Waals surface area contributed by atoms with Crippen LogP contribution in [0.3, 0.4) is 0 Å². The SMILES string of the molecule is COc1ccc(CC(=O)NCc2cc(C)n(C3CC3)c2C)cc1. The van der Waals surface area contributed by atoms with Crippen molar-refractivity contribution in [3.05, 3.63) is 52.8 Å². The molecule has 1 saturated carbocycles. The molecule has 1 aromatic heterocycles. The van der Waals surface area contributed by atoms with E-state index in [4.69, 9.17) is 4.74 Å². The lowest BCUT2D eigenvalue weighted by molar-refractivity contribution is -0.120. The maximum atomic E-state index is 12.1. The van der Waals surface area contributed by atoms with Crippen LogP contribution in [0.5, 0.6) is 5.75 Å². The fourth-order valence-electron chi connectivity index (χ4n) is 3.10. The molecule has 1 aliphatic carbocycles. The Balaban J connectivity index is 1.57. The summed E-state index contributed by atoms with van der Waals surface area (Å²) in [5.74, 6) is 0.855. The number of aromatic nitrogens is 1. The second-order valence-corrected chi connectivity index (χ2v) is 6.30. The standard InChI is InChI=1S/C19H24N2O2/c1-13-10-16(14(2)21(13)17-6-7-17)12-20-19(22)11-15-4-8-18(23-3)9-5-15/h4-5,8-10,17H,6-7,11-12H2,1-3H3,(H,20,22). The summed E-state index contributed by atoms with van der Waals surface area (Å²) in [4.78, 5) is 12.1. The van der Waals surface area contributed by atoms with E-state index in [1.54, 1.807) is 7.11 Å². The molecule has 0 radical (unpaired) electrons. The van der Waals surface area contributed by atoms with Gasteiger partial charge in [0.25, 0.3) is 0 Å². The molecule has 1 heterocycles. The fraction of sp³-hybridized carbons (Fsp3) is 0.421. The average Bonchev–Trinajstić information content (AvgIpc) is 3.32. The zero-order valence-corrected chi connectivity index (χ0v) is 14.1. The predicted molar refractivity (Wildman–Crippen MR) is 90.7 cm³/mol. The Morgan fingerprint density at radius 1 is 1.26 bits per heavy atom.